The molecule has 170 valence electrons. The number of aliphatic hydroxyl groups excluding tert-OH is 1. The second-order valence-corrected chi connectivity index (χ2v) is 8.86. The second-order valence-electron chi connectivity index (χ2n) is 8.86. The summed E-state index contributed by atoms with van der Waals surface area (Å²) in [5, 5.41) is 21.9. The Morgan fingerprint density at radius 2 is 2.15 bits per heavy atom. The van der Waals surface area contributed by atoms with Crippen LogP contribution in [0, 0.1) is 5.92 Å². The minimum absolute atomic E-state index is 0.165. The molecule has 2 aliphatic rings. The highest BCUT2D eigenvalue weighted by Crippen LogP contribution is 2.35. The summed E-state index contributed by atoms with van der Waals surface area (Å²) in [4.78, 5) is 22.3. The first-order valence-electron chi connectivity index (χ1n) is 11.1. The summed E-state index contributed by atoms with van der Waals surface area (Å²) < 4.78 is 9.08. The third-order valence-electron chi connectivity index (χ3n) is 6.64. The van der Waals surface area contributed by atoms with Crippen molar-refractivity contribution in [2.24, 2.45) is 5.92 Å². The Hall–Kier alpha value is -3.50. The smallest absolute Gasteiger partial charge is 0.256 e. The molecule has 1 saturated heterocycles. The van der Waals surface area contributed by atoms with Crippen LogP contribution < -0.4 is 10.6 Å². The molecule has 10 heteroatoms. The van der Waals surface area contributed by atoms with Crippen molar-refractivity contribution in [2.75, 3.05) is 25.6 Å². The second kappa shape index (κ2) is 7.53. The number of rotatable bonds is 5. The Labute approximate surface area is 189 Å². The van der Waals surface area contributed by atoms with E-state index in [1.807, 2.05) is 36.0 Å². The summed E-state index contributed by atoms with van der Waals surface area (Å²) in [6.07, 6.45) is 5.65. The van der Waals surface area contributed by atoms with Gasteiger partial charge in [-0.15, -0.1) is 0 Å². The average molecular weight is 447 g/mol. The molecule has 0 spiro atoms. The molecule has 0 bridgehead atoms. The summed E-state index contributed by atoms with van der Waals surface area (Å²) in [7, 11) is 1.81. The zero-order valence-electron chi connectivity index (χ0n) is 18.4. The number of fused-ring (bicyclic) bond motifs is 2. The number of hydrogen-bond donors (Lipinski definition) is 3. The van der Waals surface area contributed by atoms with Gasteiger partial charge in [0.05, 0.1) is 31.1 Å². The molecule has 0 radical (unpaired) electrons. The molecule has 33 heavy (non-hydrogen) atoms. The Kier molecular flexibility index (Phi) is 4.59. The molecule has 1 aliphatic carbocycles. The number of aliphatic hydroxyl groups is 1. The number of carbonyl (C=O) groups excluding carboxylic acids is 1. The normalized spacial score (nSPS) is 24.5. The molecule has 1 saturated carbocycles. The van der Waals surface area contributed by atoms with Gasteiger partial charge < -0.3 is 25.0 Å². The van der Waals surface area contributed by atoms with Crippen LogP contribution in [0.2, 0.25) is 0 Å². The first-order chi connectivity index (χ1) is 16.0. The Morgan fingerprint density at radius 3 is 2.88 bits per heavy atom. The van der Waals surface area contributed by atoms with E-state index in [-0.39, 0.29) is 18.0 Å². The maximum Gasteiger partial charge on any atom is 0.256 e. The topological polar surface area (TPSA) is 119 Å². The number of amides is 1. The number of ether oxygens (including phenoxy) is 1. The number of aromatic nitrogens is 5. The molecular weight excluding hydrogens is 422 g/mol. The molecule has 3 N–H and O–H groups in total. The summed E-state index contributed by atoms with van der Waals surface area (Å²) >= 11 is 0. The van der Waals surface area contributed by atoms with Crippen LogP contribution in [0.3, 0.4) is 0 Å². The van der Waals surface area contributed by atoms with Gasteiger partial charge in [0.15, 0.2) is 5.65 Å². The van der Waals surface area contributed by atoms with Gasteiger partial charge in [0.2, 0.25) is 0 Å². The van der Waals surface area contributed by atoms with E-state index in [1.54, 1.807) is 16.9 Å². The van der Waals surface area contributed by atoms with Gasteiger partial charge in [-0.05, 0) is 24.5 Å². The van der Waals surface area contributed by atoms with Crippen LogP contribution in [0.15, 0.2) is 36.8 Å². The average Bonchev–Trinajstić information content (AvgIpc) is 3.21. The van der Waals surface area contributed by atoms with Crippen molar-refractivity contribution in [3.63, 3.8) is 0 Å². The van der Waals surface area contributed by atoms with E-state index < -0.39 is 6.10 Å². The number of carbonyl (C=O) groups is 1. The van der Waals surface area contributed by atoms with Gasteiger partial charge >= 0.3 is 0 Å². The molecule has 0 aromatic carbocycles. The molecule has 1 aliphatic heterocycles. The molecule has 2 fully saturated rings. The number of nitrogens with one attached hydrogen (secondary N) is 2. The fourth-order valence-corrected chi connectivity index (χ4v) is 4.55. The molecule has 0 unspecified atom stereocenters. The van der Waals surface area contributed by atoms with Crippen molar-refractivity contribution in [3.05, 3.63) is 42.4 Å². The quantitative estimate of drug-likeness (QED) is 0.427. The van der Waals surface area contributed by atoms with Crippen LogP contribution in [-0.4, -0.2) is 67.6 Å². The number of hydrogen-bond acceptors (Lipinski definition) is 7. The van der Waals surface area contributed by atoms with Crippen LogP contribution in [0.4, 0.5) is 5.82 Å². The van der Waals surface area contributed by atoms with Crippen LogP contribution in [0.1, 0.15) is 29.7 Å². The Bertz CT molecular complexity index is 1380. The number of anilines is 1. The van der Waals surface area contributed by atoms with E-state index in [0.29, 0.717) is 41.9 Å². The van der Waals surface area contributed by atoms with E-state index in [9.17, 15) is 9.90 Å². The standard InChI is InChI=1S/C23H25N7O3/c1-12-6-16(12)28-23(32)14-8-26-30-20(24-2)7-17(27-22(14)30)15-9-29(18-10-33-11-19(18)31)21-13(15)4-3-5-25-21/h3-5,7-9,12,16,18-19,24,31H,6,10-11H2,1-2H3,(H,28,32)/t12-,16+,18+,19+/m0/s1. The lowest BCUT2D eigenvalue weighted by Gasteiger charge is -2.15. The first-order valence-corrected chi connectivity index (χ1v) is 11.1. The number of nitrogens with zero attached hydrogens (tertiary/aromatic N) is 5. The monoisotopic (exact) mass is 447 g/mol. The molecule has 6 rings (SSSR count). The lowest BCUT2D eigenvalue weighted by molar-refractivity contribution is 0.0950. The van der Waals surface area contributed by atoms with E-state index >= 15 is 0 Å². The molecule has 1 amide bonds. The van der Waals surface area contributed by atoms with Crippen LogP contribution in [0.25, 0.3) is 27.9 Å². The summed E-state index contributed by atoms with van der Waals surface area (Å²) in [5.74, 6) is 1.05. The maximum atomic E-state index is 12.9. The van der Waals surface area contributed by atoms with E-state index in [4.69, 9.17) is 9.72 Å². The predicted molar refractivity (Wildman–Crippen MR) is 122 cm³/mol. The summed E-state index contributed by atoms with van der Waals surface area (Å²) in [6.45, 7) is 2.84. The van der Waals surface area contributed by atoms with Crippen molar-refractivity contribution in [2.45, 2.75) is 31.5 Å². The number of pyridine rings is 1. The zero-order chi connectivity index (χ0) is 22.7. The van der Waals surface area contributed by atoms with Gasteiger partial charge in [-0.25, -0.2) is 9.97 Å². The Balaban J connectivity index is 1.50. The summed E-state index contributed by atoms with van der Waals surface area (Å²) in [5.41, 5.74) is 3.22. The highest BCUT2D eigenvalue weighted by Gasteiger charge is 2.35. The molecule has 4 aromatic heterocycles. The predicted octanol–water partition coefficient (Wildman–Crippen LogP) is 1.86. The van der Waals surface area contributed by atoms with Crippen LogP contribution in [0.5, 0.6) is 0 Å². The van der Waals surface area contributed by atoms with Crippen LogP contribution in [-0.2, 0) is 4.74 Å². The summed E-state index contributed by atoms with van der Waals surface area (Å²) in [6, 6.07) is 5.76. The highest BCUT2D eigenvalue weighted by molar-refractivity contribution is 6.01. The third-order valence-corrected chi connectivity index (χ3v) is 6.64. The largest absolute Gasteiger partial charge is 0.388 e. The SMILES string of the molecule is CNc1cc(-c2cn([C@@H]3COC[C@H]3O)c3ncccc23)nc2c(C(=O)N[C@@H]3C[C@@H]3C)cnn12. The van der Waals surface area contributed by atoms with Gasteiger partial charge in [-0.3, -0.25) is 4.79 Å². The van der Waals surface area contributed by atoms with Gasteiger partial charge in [-0.2, -0.15) is 9.61 Å². The molecule has 10 nitrogen and oxygen atoms in total. The van der Waals surface area contributed by atoms with Crippen molar-refractivity contribution in [1.29, 1.82) is 0 Å². The van der Waals surface area contributed by atoms with Gasteiger partial charge in [0.25, 0.3) is 5.91 Å². The van der Waals surface area contributed by atoms with Gasteiger partial charge in [0.1, 0.15) is 23.1 Å². The highest BCUT2D eigenvalue weighted by atomic mass is 16.5. The molecule has 4 aromatic rings. The van der Waals surface area contributed by atoms with Crippen molar-refractivity contribution < 1.29 is 14.6 Å². The third kappa shape index (κ3) is 3.25. The molecule has 5 heterocycles. The van der Waals surface area contributed by atoms with E-state index in [1.165, 1.54) is 0 Å². The van der Waals surface area contributed by atoms with Gasteiger partial charge in [-0.1, -0.05) is 6.92 Å². The minimum Gasteiger partial charge on any atom is -0.388 e. The fourth-order valence-electron chi connectivity index (χ4n) is 4.55. The molecular formula is C23H25N7O3. The van der Waals surface area contributed by atoms with Crippen molar-refractivity contribution in [3.8, 4) is 11.3 Å². The minimum atomic E-state index is -0.603. The van der Waals surface area contributed by atoms with Gasteiger partial charge in [0, 0.05) is 42.5 Å². The molecule has 4 atom stereocenters. The van der Waals surface area contributed by atoms with Crippen molar-refractivity contribution >= 4 is 28.4 Å². The maximum absolute atomic E-state index is 12.9. The van der Waals surface area contributed by atoms with E-state index in [0.717, 1.165) is 23.0 Å². The first kappa shape index (κ1) is 20.1. The lowest BCUT2D eigenvalue weighted by Crippen LogP contribution is -2.26. The fraction of sp³-hybridized carbons (Fsp3) is 0.391. The van der Waals surface area contributed by atoms with E-state index in [2.05, 4.69) is 27.6 Å². The zero-order valence-corrected chi connectivity index (χ0v) is 18.4. The lowest BCUT2D eigenvalue weighted by atomic mass is 10.1. The van der Waals surface area contributed by atoms with Crippen molar-refractivity contribution in [1.82, 2.24) is 29.5 Å². The van der Waals surface area contributed by atoms with Crippen LogP contribution >= 0.6 is 0 Å². The Morgan fingerprint density at radius 1 is 1.30 bits per heavy atom.